The second-order valence-electron chi connectivity index (χ2n) is 5.47. The van der Waals surface area contributed by atoms with Crippen molar-refractivity contribution >= 4 is 23.5 Å². The minimum atomic E-state index is -0.874. The molecule has 0 spiro atoms. The highest BCUT2D eigenvalue weighted by Gasteiger charge is 2.40. The number of benzene rings is 1. The maximum atomic E-state index is 12.1. The van der Waals surface area contributed by atoms with Gasteiger partial charge in [-0.25, -0.2) is 0 Å². The van der Waals surface area contributed by atoms with Gasteiger partial charge in [-0.1, -0.05) is 30.7 Å². The highest BCUT2D eigenvalue weighted by molar-refractivity contribution is 6.30. The molecule has 1 aliphatic carbocycles. The van der Waals surface area contributed by atoms with Crippen LogP contribution in [-0.4, -0.2) is 17.0 Å². The van der Waals surface area contributed by atoms with Crippen LogP contribution in [0.25, 0.3) is 0 Å². The third-order valence-electron chi connectivity index (χ3n) is 3.83. The second-order valence-corrected chi connectivity index (χ2v) is 5.91. The summed E-state index contributed by atoms with van der Waals surface area (Å²) < 4.78 is 0. The summed E-state index contributed by atoms with van der Waals surface area (Å²) in [6.07, 6.45) is 1.22. The lowest BCUT2D eigenvalue weighted by Gasteiger charge is -2.15. The number of carbonyl (C=O) groups excluding carboxylic acids is 1. The smallest absolute Gasteiger partial charge is 0.307 e. The van der Waals surface area contributed by atoms with Crippen LogP contribution in [0.5, 0.6) is 0 Å². The molecule has 0 radical (unpaired) electrons. The van der Waals surface area contributed by atoms with Gasteiger partial charge in [0, 0.05) is 11.6 Å². The Hall–Kier alpha value is -1.55. The van der Waals surface area contributed by atoms with Gasteiger partial charge in [-0.3, -0.25) is 9.59 Å². The fraction of sp³-hybridized carbons (Fsp3) is 0.467. The number of carboxylic acid groups (broad SMARTS) is 1. The van der Waals surface area contributed by atoms with Crippen molar-refractivity contribution in [3.05, 3.63) is 34.9 Å². The van der Waals surface area contributed by atoms with Gasteiger partial charge >= 0.3 is 5.97 Å². The zero-order chi connectivity index (χ0) is 14.7. The van der Waals surface area contributed by atoms with Crippen molar-refractivity contribution in [2.75, 3.05) is 0 Å². The van der Waals surface area contributed by atoms with E-state index in [1.54, 1.807) is 12.1 Å². The van der Waals surface area contributed by atoms with E-state index < -0.39 is 17.8 Å². The van der Waals surface area contributed by atoms with Gasteiger partial charge in [-0.05, 0) is 36.5 Å². The van der Waals surface area contributed by atoms with Crippen LogP contribution in [0.4, 0.5) is 0 Å². The molecule has 1 aromatic carbocycles. The van der Waals surface area contributed by atoms with Gasteiger partial charge in [-0.2, -0.15) is 0 Å². The molecule has 1 unspecified atom stereocenters. The van der Waals surface area contributed by atoms with E-state index in [4.69, 9.17) is 11.6 Å². The monoisotopic (exact) mass is 295 g/mol. The van der Waals surface area contributed by atoms with Gasteiger partial charge in [0.2, 0.25) is 5.91 Å². The van der Waals surface area contributed by atoms with Gasteiger partial charge in [0.1, 0.15) is 0 Å². The van der Waals surface area contributed by atoms with Crippen LogP contribution in [0.15, 0.2) is 24.3 Å². The predicted octanol–water partition coefficient (Wildman–Crippen LogP) is 2.70. The Morgan fingerprint density at radius 3 is 2.45 bits per heavy atom. The summed E-state index contributed by atoms with van der Waals surface area (Å²) in [5.41, 5.74) is 0.945. The molecular formula is C15H18ClNO3. The van der Waals surface area contributed by atoms with Crippen molar-refractivity contribution < 1.29 is 14.7 Å². The predicted molar refractivity (Wildman–Crippen MR) is 76.3 cm³/mol. The summed E-state index contributed by atoms with van der Waals surface area (Å²) in [6.45, 7) is 2.38. The van der Waals surface area contributed by atoms with Crippen molar-refractivity contribution in [2.24, 2.45) is 17.8 Å². The van der Waals surface area contributed by atoms with Crippen LogP contribution in [0.3, 0.4) is 0 Å². The van der Waals surface area contributed by atoms with Crippen molar-refractivity contribution in [1.82, 2.24) is 5.32 Å². The Morgan fingerprint density at radius 2 is 1.85 bits per heavy atom. The summed E-state index contributed by atoms with van der Waals surface area (Å²) in [4.78, 5) is 23.3. The summed E-state index contributed by atoms with van der Waals surface area (Å²) >= 11 is 5.80. The van der Waals surface area contributed by atoms with E-state index in [0.29, 0.717) is 24.4 Å². The normalized spacial score (nSPS) is 25.4. The van der Waals surface area contributed by atoms with Crippen LogP contribution in [0.2, 0.25) is 5.02 Å². The average Bonchev–Trinajstić information content (AvgIpc) is 2.80. The van der Waals surface area contributed by atoms with Gasteiger partial charge in [0.25, 0.3) is 0 Å². The molecule has 1 saturated carbocycles. The van der Waals surface area contributed by atoms with E-state index in [-0.39, 0.29) is 11.8 Å². The number of aliphatic carboxylic acids is 1. The first-order valence-electron chi connectivity index (χ1n) is 6.72. The maximum absolute atomic E-state index is 12.1. The van der Waals surface area contributed by atoms with Crippen molar-refractivity contribution in [1.29, 1.82) is 0 Å². The summed E-state index contributed by atoms with van der Waals surface area (Å²) in [7, 11) is 0. The molecule has 1 amide bonds. The molecule has 1 aromatic rings. The lowest BCUT2D eigenvalue weighted by Crippen LogP contribution is -2.34. The fourth-order valence-corrected chi connectivity index (χ4v) is 2.90. The topological polar surface area (TPSA) is 66.4 Å². The van der Waals surface area contributed by atoms with Crippen molar-refractivity contribution in [3.63, 3.8) is 0 Å². The minimum absolute atomic E-state index is 0.170. The quantitative estimate of drug-likeness (QED) is 0.897. The fourth-order valence-electron chi connectivity index (χ4n) is 2.78. The minimum Gasteiger partial charge on any atom is -0.481 e. The number of hydrogen-bond acceptors (Lipinski definition) is 2. The van der Waals surface area contributed by atoms with Crippen LogP contribution in [-0.2, 0) is 16.1 Å². The van der Waals surface area contributed by atoms with Crippen molar-refractivity contribution in [2.45, 2.75) is 26.3 Å². The van der Waals surface area contributed by atoms with Gasteiger partial charge < -0.3 is 10.4 Å². The molecule has 0 aliphatic heterocycles. The molecular weight excluding hydrogens is 278 g/mol. The van der Waals surface area contributed by atoms with Crippen molar-refractivity contribution in [3.8, 4) is 0 Å². The summed E-state index contributed by atoms with van der Waals surface area (Å²) in [5.74, 6) is -1.75. The zero-order valence-electron chi connectivity index (χ0n) is 11.3. The van der Waals surface area contributed by atoms with E-state index in [1.165, 1.54) is 0 Å². The van der Waals surface area contributed by atoms with Crippen LogP contribution in [0.1, 0.15) is 25.3 Å². The first kappa shape index (κ1) is 14.9. The molecule has 1 fully saturated rings. The van der Waals surface area contributed by atoms with E-state index >= 15 is 0 Å². The largest absolute Gasteiger partial charge is 0.481 e. The molecule has 2 rings (SSSR count). The van der Waals surface area contributed by atoms with Crippen LogP contribution < -0.4 is 5.32 Å². The lowest BCUT2D eigenvalue weighted by molar-refractivity contribution is -0.146. The van der Waals surface area contributed by atoms with E-state index in [0.717, 1.165) is 5.56 Å². The summed E-state index contributed by atoms with van der Waals surface area (Å²) in [6, 6.07) is 7.21. The Kier molecular flexibility index (Phi) is 4.65. The standard InChI is InChI=1S/C15H18ClNO3/c1-9-6-12(13(7-9)15(19)20)14(18)17-8-10-2-4-11(16)5-3-10/h2-5,9,12-13H,6-8H2,1H3,(H,17,18)(H,19,20)/t9?,12-,13+/m0/s1. The molecule has 4 nitrogen and oxygen atoms in total. The summed E-state index contributed by atoms with van der Waals surface area (Å²) in [5, 5.41) is 12.6. The molecule has 2 N–H and O–H groups in total. The molecule has 3 atom stereocenters. The Balaban J connectivity index is 1.94. The third-order valence-corrected chi connectivity index (χ3v) is 4.08. The van der Waals surface area contributed by atoms with E-state index in [9.17, 15) is 14.7 Å². The number of nitrogens with one attached hydrogen (secondary N) is 1. The first-order chi connectivity index (χ1) is 9.47. The van der Waals surface area contributed by atoms with Crippen LogP contribution >= 0.6 is 11.6 Å². The Morgan fingerprint density at radius 1 is 1.25 bits per heavy atom. The average molecular weight is 296 g/mol. The number of rotatable bonds is 4. The number of carbonyl (C=O) groups is 2. The number of carboxylic acids is 1. The SMILES string of the molecule is CC1C[C@H](C(=O)NCc2ccc(Cl)cc2)[C@H](C(=O)O)C1. The molecule has 5 heteroatoms. The number of amides is 1. The highest BCUT2D eigenvalue weighted by Crippen LogP contribution is 2.36. The third kappa shape index (κ3) is 3.51. The van der Waals surface area contributed by atoms with Gasteiger partial charge in [0.15, 0.2) is 0 Å². The maximum Gasteiger partial charge on any atom is 0.307 e. The Labute approximate surface area is 123 Å². The molecule has 0 heterocycles. The lowest BCUT2D eigenvalue weighted by atomic mass is 9.95. The molecule has 20 heavy (non-hydrogen) atoms. The first-order valence-corrected chi connectivity index (χ1v) is 7.10. The number of hydrogen-bond donors (Lipinski definition) is 2. The highest BCUT2D eigenvalue weighted by atomic mass is 35.5. The molecule has 0 aromatic heterocycles. The molecule has 1 aliphatic rings. The van der Waals surface area contributed by atoms with Gasteiger partial charge in [-0.15, -0.1) is 0 Å². The zero-order valence-corrected chi connectivity index (χ0v) is 12.1. The van der Waals surface area contributed by atoms with Crippen LogP contribution in [0, 0.1) is 17.8 Å². The van der Waals surface area contributed by atoms with Gasteiger partial charge in [0.05, 0.1) is 11.8 Å². The molecule has 108 valence electrons. The second kappa shape index (κ2) is 6.27. The molecule has 0 bridgehead atoms. The number of halogens is 1. The van der Waals surface area contributed by atoms with E-state index in [2.05, 4.69) is 5.32 Å². The molecule has 0 saturated heterocycles. The Bertz CT molecular complexity index is 500. The van der Waals surface area contributed by atoms with E-state index in [1.807, 2.05) is 19.1 Å².